The third-order valence-electron chi connectivity index (χ3n) is 8.48. The molecule has 0 rings (SSSR count). The van der Waals surface area contributed by atoms with Crippen LogP contribution in [0.4, 0.5) is 0 Å². The molecule has 0 spiro atoms. The van der Waals surface area contributed by atoms with Crippen LogP contribution in [0.5, 0.6) is 0 Å². The molecule has 0 aliphatic rings. The SMILES string of the molecule is CC/C=C\C/C=C\C/C=C\CCCC(=O)OCC(COC(=O)CCCCCCC/C=C\CCCC)OC(=O)CCCCCCC/C=C\CCCC. The van der Waals surface area contributed by atoms with Crippen molar-refractivity contribution in [2.24, 2.45) is 0 Å². The lowest BCUT2D eigenvalue weighted by Gasteiger charge is -2.18. The van der Waals surface area contributed by atoms with Crippen LogP contribution in [0.2, 0.25) is 0 Å². The molecule has 6 nitrogen and oxygen atoms in total. The van der Waals surface area contributed by atoms with Crippen LogP contribution in [-0.2, 0) is 28.6 Å². The molecule has 0 N–H and O–H groups in total. The van der Waals surface area contributed by atoms with E-state index in [0.29, 0.717) is 19.3 Å². The highest BCUT2D eigenvalue weighted by atomic mass is 16.6. The van der Waals surface area contributed by atoms with Gasteiger partial charge >= 0.3 is 17.9 Å². The fourth-order valence-electron chi connectivity index (χ4n) is 5.31. The van der Waals surface area contributed by atoms with Crippen LogP contribution in [-0.4, -0.2) is 37.2 Å². The number of allylic oxidation sites excluding steroid dienone is 10. The van der Waals surface area contributed by atoms with Crippen molar-refractivity contribution < 1.29 is 28.6 Å². The summed E-state index contributed by atoms with van der Waals surface area (Å²) in [5, 5.41) is 0. The van der Waals surface area contributed by atoms with Gasteiger partial charge in [0.25, 0.3) is 0 Å². The zero-order valence-corrected chi connectivity index (χ0v) is 33.1. The van der Waals surface area contributed by atoms with Crippen molar-refractivity contribution in [3.63, 3.8) is 0 Å². The zero-order chi connectivity index (χ0) is 37.3. The molecule has 51 heavy (non-hydrogen) atoms. The van der Waals surface area contributed by atoms with Gasteiger partial charge < -0.3 is 14.2 Å². The molecule has 0 radical (unpaired) electrons. The Morgan fingerprint density at radius 1 is 0.412 bits per heavy atom. The molecule has 0 aromatic rings. The number of hydrogen-bond acceptors (Lipinski definition) is 6. The minimum absolute atomic E-state index is 0.0987. The largest absolute Gasteiger partial charge is 0.462 e. The average molecular weight is 713 g/mol. The maximum Gasteiger partial charge on any atom is 0.306 e. The molecule has 6 heteroatoms. The van der Waals surface area contributed by atoms with Crippen LogP contribution in [0.1, 0.15) is 188 Å². The van der Waals surface area contributed by atoms with Gasteiger partial charge in [0.15, 0.2) is 6.10 Å². The Balaban J connectivity index is 4.48. The Labute approximate surface area is 313 Å². The molecular formula is C45H76O6. The number of ether oxygens (including phenoxy) is 3. The first-order chi connectivity index (χ1) is 25.0. The van der Waals surface area contributed by atoms with Crippen molar-refractivity contribution in [2.45, 2.75) is 194 Å². The topological polar surface area (TPSA) is 78.9 Å². The number of hydrogen-bond donors (Lipinski definition) is 0. The summed E-state index contributed by atoms with van der Waals surface area (Å²) < 4.78 is 16.6. The van der Waals surface area contributed by atoms with Gasteiger partial charge in [-0.15, -0.1) is 0 Å². The molecule has 0 saturated carbocycles. The molecule has 292 valence electrons. The number of esters is 3. The van der Waals surface area contributed by atoms with E-state index in [9.17, 15) is 14.4 Å². The molecule has 1 atom stereocenters. The minimum Gasteiger partial charge on any atom is -0.462 e. The van der Waals surface area contributed by atoms with Gasteiger partial charge in [-0.3, -0.25) is 14.4 Å². The predicted octanol–water partition coefficient (Wildman–Crippen LogP) is 13.0. The van der Waals surface area contributed by atoms with Crippen LogP contribution < -0.4 is 0 Å². The molecule has 0 aliphatic heterocycles. The Kier molecular flexibility index (Phi) is 37.6. The van der Waals surface area contributed by atoms with Crippen LogP contribution >= 0.6 is 0 Å². The van der Waals surface area contributed by atoms with E-state index in [1.165, 1.54) is 51.4 Å². The van der Waals surface area contributed by atoms with Crippen molar-refractivity contribution in [1.82, 2.24) is 0 Å². The Morgan fingerprint density at radius 2 is 0.784 bits per heavy atom. The number of unbranched alkanes of at least 4 members (excludes halogenated alkanes) is 15. The molecule has 0 aromatic carbocycles. The second kappa shape index (κ2) is 39.9. The third kappa shape index (κ3) is 38.2. The van der Waals surface area contributed by atoms with Crippen molar-refractivity contribution in [3.05, 3.63) is 60.8 Å². The molecule has 0 heterocycles. The van der Waals surface area contributed by atoms with Crippen LogP contribution in [0.25, 0.3) is 0 Å². The lowest BCUT2D eigenvalue weighted by molar-refractivity contribution is -0.167. The van der Waals surface area contributed by atoms with Gasteiger partial charge in [0, 0.05) is 19.3 Å². The van der Waals surface area contributed by atoms with E-state index in [0.717, 1.165) is 89.9 Å². The van der Waals surface area contributed by atoms with Gasteiger partial charge in [0.2, 0.25) is 0 Å². The van der Waals surface area contributed by atoms with Crippen molar-refractivity contribution in [1.29, 1.82) is 0 Å². The zero-order valence-electron chi connectivity index (χ0n) is 33.1. The van der Waals surface area contributed by atoms with E-state index in [4.69, 9.17) is 14.2 Å². The summed E-state index contributed by atoms with van der Waals surface area (Å²) >= 11 is 0. The average Bonchev–Trinajstić information content (AvgIpc) is 3.12. The summed E-state index contributed by atoms with van der Waals surface area (Å²) in [5.74, 6) is -0.984. The Bertz CT molecular complexity index is 960. The lowest BCUT2D eigenvalue weighted by Crippen LogP contribution is -2.30. The van der Waals surface area contributed by atoms with Crippen LogP contribution in [0, 0.1) is 0 Å². The lowest BCUT2D eigenvalue weighted by atomic mass is 10.1. The summed E-state index contributed by atoms with van der Waals surface area (Å²) in [4.78, 5) is 37.5. The highest BCUT2D eigenvalue weighted by Crippen LogP contribution is 2.12. The smallest absolute Gasteiger partial charge is 0.306 e. The number of rotatable bonds is 36. The minimum atomic E-state index is -0.797. The molecular weight excluding hydrogens is 636 g/mol. The van der Waals surface area contributed by atoms with E-state index in [2.05, 4.69) is 81.5 Å². The van der Waals surface area contributed by atoms with E-state index in [-0.39, 0.29) is 37.5 Å². The maximum atomic E-state index is 12.6. The molecule has 1 unspecified atom stereocenters. The summed E-state index contributed by atoms with van der Waals surface area (Å²) in [5.41, 5.74) is 0. The summed E-state index contributed by atoms with van der Waals surface area (Å²) in [7, 11) is 0. The predicted molar refractivity (Wildman–Crippen MR) is 215 cm³/mol. The Hall–Kier alpha value is -2.89. The summed E-state index contributed by atoms with van der Waals surface area (Å²) in [6.45, 7) is 6.35. The maximum absolute atomic E-state index is 12.6. The van der Waals surface area contributed by atoms with Gasteiger partial charge in [-0.05, 0) is 83.5 Å². The van der Waals surface area contributed by atoms with Crippen LogP contribution in [0.3, 0.4) is 0 Å². The molecule has 0 bridgehead atoms. The van der Waals surface area contributed by atoms with Crippen molar-refractivity contribution in [2.75, 3.05) is 13.2 Å². The van der Waals surface area contributed by atoms with Gasteiger partial charge in [-0.2, -0.15) is 0 Å². The van der Waals surface area contributed by atoms with Crippen molar-refractivity contribution >= 4 is 17.9 Å². The van der Waals surface area contributed by atoms with Gasteiger partial charge in [-0.1, -0.05) is 146 Å². The third-order valence-corrected chi connectivity index (χ3v) is 8.48. The van der Waals surface area contributed by atoms with Gasteiger partial charge in [0.1, 0.15) is 13.2 Å². The standard InChI is InChI=1S/C45H76O6/c1-4-7-10-13-16-19-22-25-28-31-34-37-43(46)49-40-42(51-45(48)39-36-33-30-27-24-21-18-15-12-9-6-3)41-50-44(47)38-35-32-29-26-23-20-17-14-11-8-5-2/h7,10,14-19,25,28,42H,4-6,8-9,11-13,20-24,26-27,29-41H2,1-3H3/b10-7-,17-14-,18-15-,19-16-,28-25-. The first kappa shape index (κ1) is 48.1. The number of carbonyl (C=O) groups is 3. The fraction of sp³-hybridized carbons (Fsp3) is 0.711. The summed E-state index contributed by atoms with van der Waals surface area (Å²) in [6.07, 6.45) is 46.4. The normalized spacial score (nSPS) is 12.6. The monoisotopic (exact) mass is 713 g/mol. The van der Waals surface area contributed by atoms with E-state index >= 15 is 0 Å². The highest BCUT2D eigenvalue weighted by Gasteiger charge is 2.19. The molecule has 0 saturated heterocycles. The quantitative estimate of drug-likeness (QED) is 0.0278. The van der Waals surface area contributed by atoms with E-state index in [1.54, 1.807) is 0 Å². The number of carbonyl (C=O) groups excluding carboxylic acids is 3. The first-order valence-corrected chi connectivity index (χ1v) is 20.8. The second-order valence-electron chi connectivity index (χ2n) is 13.5. The molecule has 0 amide bonds. The highest BCUT2D eigenvalue weighted by molar-refractivity contribution is 5.71. The van der Waals surface area contributed by atoms with Gasteiger partial charge in [0.05, 0.1) is 0 Å². The second-order valence-corrected chi connectivity index (χ2v) is 13.5. The van der Waals surface area contributed by atoms with E-state index in [1.807, 2.05) is 0 Å². The van der Waals surface area contributed by atoms with Crippen molar-refractivity contribution in [3.8, 4) is 0 Å². The first-order valence-electron chi connectivity index (χ1n) is 20.8. The molecule has 0 aromatic heterocycles. The van der Waals surface area contributed by atoms with E-state index < -0.39 is 6.10 Å². The van der Waals surface area contributed by atoms with Crippen LogP contribution in [0.15, 0.2) is 60.8 Å². The van der Waals surface area contributed by atoms with Gasteiger partial charge in [-0.25, -0.2) is 0 Å². The molecule has 0 fully saturated rings. The molecule has 0 aliphatic carbocycles. The summed E-state index contributed by atoms with van der Waals surface area (Å²) in [6, 6.07) is 0. The Morgan fingerprint density at radius 3 is 1.29 bits per heavy atom. The fourth-order valence-corrected chi connectivity index (χ4v) is 5.31.